The maximum Gasteiger partial charge on any atom is 0.278 e. The van der Waals surface area contributed by atoms with E-state index in [4.69, 9.17) is 6.42 Å². The molecule has 0 radical (unpaired) electrons. The largest absolute Gasteiger partial charge is 0.278 e. The van der Waals surface area contributed by atoms with Gasteiger partial charge in [-0.15, -0.1) is 21.7 Å². The van der Waals surface area contributed by atoms with E-state index < -0.39 is 11.6 Å². The number of nitrogens with zero attached hydrogens (tertiary/aromatic N) is 10. The molecule has 28 heavy (non-hydrogen) atoms. The third-order valence-electron chi connectivity index (χ3n) is 4.62. The van der Waals surface area contributed by atoms with Gasteiger partial charge in [0.2, 0.25) is 0 Å². The molecule has 3 heterocycles. The number of hydrogen-bond donors (Lipinski definition) is 0. The first kappa shape index (κ1) is 16.2. The lowest BCUT2D eigenvalue weighted by Gasteiger charge is -2.12. The van der Waals surface area contributed by atoms with E-state index in [1.165, 1.54) is 27.8 Å². The molecule has 0 aliphatic heterocycles. The molecule has 1 saturated carbocycles. The SMILES string of the molecule is C#C[C@H](Cn1cnnn1)n1nnc2cc3c(=O)n(C4CC4)nnc3cc2c1=O. The molecule has 138 valence electrons. The van der Waals surface area contributed by atoms with E-state index in [-0.39, 0.29) is 23.5 Å². The molecule has 1 aliphatic carbocycles. The quantitative estimate of drug-likeness (QED) is 0.327. The Labute approximate surface area is 155 Å². The molecule has 0 bridgehead atoms. The first-order chi connectivity index (χ1) is 13.7. The third kappa shape index (κ3) is 2.52. The summed E-state index contributed by atoms with van der Waals surface area (Å²) in [5.41, 5.74) is -0.0835. The smallest absolute Gasteiger partial charge is 0.267 e. The predicted octanol–water partition coefficient (Wildman–Crippen LogP) is -0.908. The monoisotopic (exact) mass is 376 g/mol. The van der Waals surface area contributed by atoms with Gasteiger partial charge in [-0.1, -0.05) is 16.3 Å². The van der Waals surface area contributed by atoms with Gasteiger partial charge in [0.05, 0.1) is 23.4 Å². The molecule has 1 aliphatic rings. The number of fused-ring (bicyclic) bond motifs is 2. The fraction of sp³-hybridized carbons (Fsp3) is 0.312. The molecular weight excluding hydrogens is 364 g/mol. The van der Waals surface area contributed by atoms with Crippen LogP contribution in [0.4, 0.5) is 0 Å². The maximum atomic E-state index is 12.9. The molecule has 1 fully saturated rings. The second-order valence-corrected chi connectivity index (χ2v) is 6.51. The van der Waals surface area contributed by atoms with Crippen molar-refractivity contribution >= 4 is 21.8 Å². The Morgan fingerprint density at radius 2 is 1.79 bits per heavy atom. The number of rotatable bonds is 4. The highest BCUT2D eigenvalue weighted by Crippen LogP contribution is 2.32. The third-order valence-corrected chi connectivity index (χ3v) is 4.62. The average molecular weight is 376 g/mol. The van der Waals surface area contributed by atoms with E-state index in [1.54, 1.807) is 0 Å². The zero-order valence-electron chi connectivity index (χ0n) is 14.4. The first-order valence-electron chi connectivity index (χ1n) is 8.51. The van der Waals surface area contributed by atoms with E-state index in [9.17, 15) is 9.59 Å². The molecule has 1 atom stereocenters. The second-order valence-electron chi connectivity index (χ2n) is 6.51. The van der Waals surface area contributed by atoms with Crippen LogP contribution in [0, 0.1) is 12.3 Å². The van der Waals surface area contributed by atoms with Crippen LogP contribution < -0.4 is 11.1 Å². The van der Waals surface area contributed by atoms with Crippen molar-refractivity contribution in [3.63, 3.8) is 0 Å². The fourth-order valence-corrected chi connectivity index (χ4v) is 3.01. The van der Waals surface area contributed by atoms with Gasteiger partial charge in [0.25, 0.3) is 11.1 Å². The Morgan fingerprint density at radius 1 is 1.07 bits per heavy atom. The predicted molar refractivity (Wildman–Crippen MR) is 95.1 cm³/mol. The molecule has 0 unspecified atom stereocenters. The van der Waals surface area contributed by atoms with Crippen LogP contribution in [0.25, 0.3) is 21.8 Å². The molecule has 1 aromatic carbocycles. The van der Waals surface area contributed by atoms with Crippen molar-refractivity contribution in [2.24, 2.45) is 0 Å². The summed E-state index contributed by atoms with van der Waals surface area (Å²) in [6.45, 7) is 0.156. The van der Waals surface area contributed by atoms with Gasteiger partial charge < -0.3 is 0 Å². The Morgan fingerprint density at radius 3 is 2.43 bits per heavy atom. The van der Waals surface area contributed by atoms with Crippen molar-refractivity contribution in [3.8, 4) is 12.3 Å². The van der Waals surface area contributed by atoms with Crippen molar-refractivity contribution in [2.75, 3.05) is 0 Å². The Kier molecular flexibility index (Phi) is 3.48. The van der Waals surface area contributed by atoms with Crippen LogP contribution in [0.15, 0.2) is 28.0 Å². The highest BCUT2D eigenvalue weighted by molar-refractivity contribution is 5.93. The normalized spacial score (nSPS) is 15.0. The van der Waals surface area contributed by atoms with Crippen molar-refractivity contribution in [1.82, 2.24) is 50.2 Å². The number of benzene rings is 1. The van der Waals surface area contributed by atoms with Crippen LogP contribution in [0.2, 0.25) is 0 Å². The molecule has 12 heteroatoms. The van der Waals surface area contributed by atoms with E-state index >= 15 is 0 Å². The highest BCUT2D eigenvalue weighted by Gasteiger charge is 2.27. The number of aromatic nitrogens is 10. The van der Waals surface area contributed by atoms with E-state index in [2.05, 4.69) is 42.1 Å². The van der Waals surface area contributed by atoms with Crippen molar-refractivity contribution in [1.29, 1.82) is 0 Å². The Balaban J connectivity index is 1.65. The average Bonchev–Trinajstić information content (AvgIpc) is 3.42. The Hall–Kier alpha value is -4.01. The van der Waals surface area contributed by atoms with E-state index in [0.717, 1.165) is 17.5 Å². The summed E-state index contributed by atoms with van der Waals surface area (Å²) < 4.78 is 3.87. The lowest BCUT2D eigenvalue weighted by Crippen LogP contribution is -2.30. The van der Waals surface area contributed by atoms with Gasteiger partial charge in [0, 0.05) is 0 Å². The molecule has 0 spiro atoms. The fourth-order valence-electron chi connectivity index (χ4n) is 3.01. The van der Waals surface area contributed by atoms with E-state index in [0.29, 0.717) is 16.4 Å². The minimum atomic E-state index is -0.738. The standard InChI is InChI=1S/C16H12N10O2/c1-2-9(7-24-8-17-20-23-24)25-15(27)11-5-14-12(6-13(11)18-21-25)16(28)26(22-19-14)10-3-4-10/h1,5-6,8-10H,3-4,7H2/t9-/m1/s1. The van der Waals surface area contributed by atoms with Crippen LogP contribution in [0.1, 0.15) is 24.9 Å². The molecule has 5 rings (SSSR count). The molecular formula is C16H12N10O2. The topological polar surface area (TPSA) is 139 Å². The summed E-state index contributed by atoms with van der Waals surface area (Å²) in [6.07, 6.45) is 8.78. The lowest BCUT2D eigenvalue weighted by molar-refractivity contribution is 0.419. The molecule has 0 saturated heterocycles. The lowest BCUT2D eigenvalue weighted by atomic mass is 10.2. The Bertz CT molecular complexity index is 1360. The van der Waals surface area contributed by atoms with Gasteiger partial charge in [-0.25, -0.2) is 9.36 Å². The van der Waals surface area contributed by atoms with Crippen LogP contribution in [0.3, 0.4) is 0 Å². The summed E-state index contributed by atoms with van der Waals surface area (Å²) in [7, 11) is 0. The van der Waals surface area contributed by atoms with Gasteiger partial charge in [0.1, 0.15) is 23.4 Å². The van der Waals surface area contributed by atoms with Crippen LogP contribution in [-0.2, 0) is 6.54 Å². The van der Waals surface area contributed by atoms with Gasteiger partial charge in [-0.3, -0.25) is 9.59 Å². The zero-order chi connectivity index (χ0) is 19.3. The summed E-state index contributed by atoms with van der Waals surface area (Å²) in [4.78, 5) is 25.6. The second kappa shape index (κ2) is 6.02. The molecule has 12 nitrogen and oxygen atoms in total. The number of hydrogen-bond acceptors (Lipinski definition) is 9. The summed E-state index contributed by atoms with van der Waals surface area (Å²) in [6, 6.07) is 2.37. The van der Waals surface area contributed by atoms with E-state index in [1.807, 2.05) is 0 Å². The summed E-state index contributed by atoms with van der Waals surface area (Å²) in [5, 5.41) is 27.5. The molecule has 0 amide bonds. The first-order valence-corrected chi connectivity index (χ1v) is 8.51. The van der Waals surface area contributed by atoms with Gasteiger partial charge in [-0.05, 0) is 35.4 Å². The van der Waals surface area contributed by atoms with Crippen molar-refractivity contribution in [3.05, 3.63) is 39.2 Å². The summed E-state index contributed by atoms with van der Waals surface area (Å²) >= 11 is 0. The molecule has 3 aromatic heterocycles. The van der Waals surface area contributed by atoms with Crippen LogP contribution in [0.5, 0.6) is 0 Å². The van der Waals surface area contributed by atoms with Crippen LogP contribution in [-0.4, -0.2) is 50.2 Å². The minimum absolute atomic E-state index is 0.0989. The van der Waals surface area contributed by atoms with Crippen molar-refractivity contribution in [2.45, 2.75) is 31.5 Å². The van der Waals surface area contributed by atoms with Gasteiger partial charge >= 0.3 is 0 Å². The van der Waals surface area contributed by atoms with Gasteiger partial charge in [-0.2, -0.15) is 4.68 Å². The van der Waals surface area contributed by atoms with Gasteiger partial charge in [0.15, 0.2) is 0 Å². The number of terminal acetylenes is 1. The molecule has 0 N–H and O–H groups in total. The van der Waals surface area contributed by atoms with Crippen molar-refractivity contribution < 1.29 is 0 Å². The maximum absolute atomic E-state index is 12.9. The summed E-state index contributed by atoms with van der Waals surface area (Å²) in [5.74, 6) is 2.50. The highest BCUT2D eigenvalue weighted by atomic mass is 16.1. The number of tetrazole rings is 1. The zero-order valence-corrected chi connectivity index (χ0v) is 14.4. The van der Waals surface area contributed by atoms with Crippen LogP contribution >= 0.6 is 0 Å². The molecule has 4 aromatic rings. The minimum Gasteiger partial charge on any atom is -0.267 e.